The van der Waals surface area contributed by atoms with Crippen molar-refractivity contribution in [2.75, 3.05) is 0 Å². The molecule has 0 radical (unpaired) electrons. The topological polar surface area (TPSA) is 316 Å². The number of nitrogens with one attached hydrogen (secondary N) is 3. The van der Waals surface area contributed by atoms with Gasteiger partial charge in [0.25, 0.3) is 0 Å². The molecule has 0 aliphatic rings. The summed E-state index contributed by atoms with van der Waals surface area (Å²) in [6.07, 6.45) is 14.6. The van der Waals surface area contributed by atoms with Gasteiger partial charge in [-0.1, -0.05) is 74.5 Å². The van der Waals surface area contributed by atoms with Crippen molar-refractivity contribution in [1.82, 2.24) is 115 Å². The van der Waals surface area contributed by atoms with E-state index in [0.29, 0.717) is 0 Å². The summed E-state index contributed by atoms with van der Waals surface area (Å²) in [4.78, 5) is 27.9. The van der Waals surface area contributed by atoms with Crippen molar-refractivity contribution >= 4 is 45.7 Å². The third-order valence-electron chi connectivity index (χ3n) is 7.88. The number of hydrogen-bond donors (Lipinski definition) is 3. The van der Waals surface area contributed by atoms with Gasteiger partial charge in [-0.15, -0.1) is 27.8 Å². The highest BCUT2D eigenvalue weighted by molar-refractivity contribution is 7.10. The zero-order valence-corrected chi connectivity index (χ0v) is 57.0. The van der Waals surface area contributed by atoms with Crippen molar-refractivity contribution in [2.24, 2.45) is 14.1 Å². The highest BCUT2D eigenvalue weighted by Crippen LogP contribution is 2.09. The maximum atomic E-state index is 4.85. The highest BCUT2D eigenvalue weighted by atomic mass is 32.1. The molecule has 0 spiro atoms. The Morgan fingerprint density at radius 3 is 0.854 bits per heavy atom. The summed E-state index contributed by atoms with van der Waals surface area (Å²) in [6.45, 7) is 49.1. The molecule has 11 aromatic rings. The molecule has 0 bridgehead atoms. The number of nitrogens with zero attached hydrogens (tertiary/aromatic N) is 20. The maximum absolute atomic E-state index is 4.85. The standard InChI is InChI=1S/2C5H7NO.2C5H7NS.2C4H6N2S.5C3H5N3.5C2H6/c4*1-4-5(2)7-3-6-4;2*1-3-5-4(2)7-6-3;1-6-3-2-4-5-6;1-6-4-2-3-5-6;3*1-3-2-4-6-5-3;5*1-2/h4*3H,1-2H3;2*1-2H3;2*2-3H,1H3;3*2H,1H3,(H,4,5,6);5*1-2H3. The lowest BCUT2D eigenvalue weighted by molar-refractivity contribution is 0.525. The molecule has 0 aliphatic heterocycles. The van der Waals surface area contributed by atoms with E-state index in [2.05, 4.69) is 119 Å². The van der Waals surface area contributed by atoms with Crippen molar-refractivity contribution in [1.29, 1.82) is 0 Å². The quantitative estimate of drug-likeness (QED) is 0.127. The molecular formula is C53H95N23O2S4. The number of aryl methyl sites for hydroxylation is 17. The van der Waals surface area contributed by atoms with E-state index in [4.69, 9.17) is 8.83 Å². The molecule has 0 saturated heterocycles. The van der Waals surface area contributed by atoms with Gasteiger partial charge in [0.05, 0.1) is 88.1 Å². The Morgan fingerprint density at radius 2 is 0.780 bits per heavy atom. The van der Waals surface area contributed by atoms with Crippen molar-refractivity contribution in [3.63, 3.8) is 0 Å². The summed E-state index contributed by atoms with van der Waals surface area (Å²) in [5, 5.41) is 45.7. The second-order valence-electron chi connectivity index (χ2n) is 14.1. The molecule has 11 heterocycles. The van der Waals surface area contributed by atoms with Crippen LogP contribution in [0, 0.1) is 104 Å². The van der Waals surface area contributed by atoms with E-state index in [1.807, 2.05) is 177 Å². The minimum absolute atomic E-state index is 0.877. The fraction of sp³-hybridized carbons (Fsp3) is 0.509. The van der Waals surface area contributed by atoms with Crippen molar-refractivity contribution in [3.05, 3.63) is 150 Å². The largest absolute Gasteiger partial charge is 0.449 e. The zero-order chi connectivity index (χ0) is 63.7. The molecule has 0 unspecified atom stereocenters. The van der Waals surface area contributed by atoms with E-state index in [-0.39, 0.29) is 0 Å². The summed E-state index contributed by atoms with van der Waals surface area (Å²) >= 11 is 6.27. The predicted octanol–water partition coefficient (Wildman–Crippen LogP) is 13.5. The Morgan fingerprint density at radius 1 is 0.439 bits per heavy atom. The number of thiazole rings is 2. The van der Waals surface area contributed by atoms with Gasteiger partial charge in [0.1, 0.15) is 33.2 Å². The lowest BCUT2D eigenvalue weighted by Crippen LogP contribution is -1.89. The molecule has 11 rings (SSSR count). The van der Waals surface area contributed by atoms with Crippen LogP contribution in [0.5, 0.6) is 0 Å². The summed E-state index contributed by atoms with van der Waals surface area (Å²) in [7, 11) is 3.60. The number of H-pyrrole nitrogens is 3. The second-order valence-corrected chi connectivity index (χ2v) is 18.2. The average molecular weight is 1210 g/mol. The molecule has 82 heavy (non-hydrogen) atoms. The van der Waals surface area contributed by atoms with Crippen molar-refractivity contribution in [2.45, 2.75) is 173 Å². The Labute approximate surface area is 503 Å². The first kappa shape index (κ1) is 83.3. The minimum atomic E-state index is 0.877. The van der Waals surface area contributed by atoms with Gasteiger partial charge in [0, 0.05) is 30.0 Å². The molecule has 25 nitrogen and oxygen atoms in total. The van der Waals surface area contributed by atoms with Gasteiger partial charge < -0.3 is 8.83 Å². The van der Waals surface area contributed by atoms with E-state index in [9.17, 15) is 0 Å². The van der Waals surface area contributed by atoms with Crippen LogP contribution < -0.4 is 0 Å². The van der Waals surface area contributed by atoms with E-state index in [0.717, 1.165) is 73.0 Å². The predicted molar refractivity (Wildman–Crippen MR) is 336 cm³/mol. The molecule has 0 amide bonds. The van der Waals surface area contributed by atoms with Crippen LogP contribution in [0.25, 0.3) is 0 Å². The Kier molecular flexibility index (Phi) is 59.1. The first-order chi connectivity index (χ1) is 39.3. The van der Waals surface area contributed by atoms with Crippen molar-refractivity contribution in [3.8, 4) is 0 Å². The lowest BCUT2D eigenvalue weighted by Gasteiger charge is -1.77. The highest BCUT2D eigenvalue weighted by Gasteiger charge is 1.93. The first-order valence-corrected chi connectivity index (χ1v) is 29.7. The van der Waals surface area contributed by atoms with Crippen LogP contribution in [0.3, 0.4) is 0 Å². The molecule has 0 fully saturated rings. The van der Waals surface area contributed by atoms with Gasteiger partial charge in [-0.3, -0.25) is 4.68 Å². The van der Waals surface area contributed by atoms with Gasteiger partial charge in [-0.25, -0.2) is 29.9 Å². The number of rotatable bonds is 0. The normalized spacial score (nSPS) is 8.43. The molecule has 11 aromatic heterocycles. The smallest absolute Gasteiger partial charge is 0.181 e. The maximum Gasteiger partial charge on any atom is 0.181 e. The monoisotopic (exact) mass is 1210 g/mol. The SMILES string of the molecule is CC.CC.CC.CC.CC.Cc1cn[nH]n1.Cc1cn[nH]n1.Cc1cn[nH]n1.Cc1ncoc1C.Cc1ncoc1C.Cc1ncsc1C.Cc1ncsc1C.Cc1nsc(C)n1.Cc1nsc(C)n1.Cn1ccnn1.Cn1nccn1. The van der Waals surface area contributed by atoms with E-state index >= 15 is 0 Å². The molecule has 0 aliphatic carbocycles. The number of oxazole rings is 2. The summed E-state index contributed by atoms with van der Waals surface area (Å²) in [5.41, 5.74) is 10.8. The van der Waals surface area contributed by atoms with Crippen LogP contribution >= 0.6 is 45.7 Å². The molecule has 0 aromatic carbocycles. The number of aromatic amines is 3. The van der Waals surface area contributed by atoms with Gasteiger partial charge in [0.15, 0.2) is 12.8 Å². The Balaban J connectivity index is -0.000000261. The van der Waals surface area contributed by atoms with Crippen LogP contribution in [-0.2, 0) is 14.1 Å². The zero-order valence-electron chi connectivity index (χ0n) is 53.7. The van der Waals surface area contributed by atoms with Gasteiger partial charge >= 0.3 is 0 Å². The molecular weight excluding hydrogens is 1120 g/mol. The molecule has 0 atom stereocenters. The van der Waals surface area contributed by atoms with Gasteiger partial charge in [-0.05, 0) is 127 Å². The van der Waals surface area contributed by atoms with Crippen molar-refractivity contribution < 1.29 is 8.83 Å². The Hall–Kier alpha value is -7.50. The fourth-order valence-electron chi connectivity index (χ4n) is 3.57. The van der Waals surface area contributed by atoms with Crippen LogP contribution in [-0.4, -0.2) is 115 Å². The minimum Gasteiger partial charge on any atom is -0.449 e. The number of hydrogen-bond acceptors (Lipinski definition) is 24. The van der Waals surface area contributed by atoms with E-state index in [1.54, 1.807) is 77.8 Å². The molecule has 29 heteroatoms. The average Bonchev–Trinajstić information content (AvgIpc) is 4.29. The summed E-state index contributed by atoms with van der Waals surface area (Å²) in [6, 6.07) is 0. The fourth-order valence-corrected chi connectivity index (χ4v) is 5.71. The number of aromatic nitrogens is 23. The van der Waals surface area contributed by atoms with Crippen LogP contribution in [0.2, 0.25) is 0 Å². The van der Waals surface area contributed by atoms with Gasteiger partial charge in [-0.2, -0.15) is 70.0 Å². The second kappa shape index (κ2) is 58.2. The third kappa shape index (κ3) is 50.7. The third-order valence-corrected chi connectivity index (χ3v) is 11.0. The summed E-state index contributed by atoms with van der Waals surface area (Å²) < 4.78 is 19.2. The molecule has 458 valence electrons. The summed E-state index contributed by atoms with van der Waals surface area (Å²) in [5.74, 6) is 3.56. The first-order valence-electron chi connectivity index (χ1n) is 26.3. The van der Waals surface area contributed by atoms with E-state index < -0.39 is 0 Å². The molecule has 0 saturated carbocycles. The van der Waals surface area contributed by atoms with Crippen LogP contribution in [0.4, 0.5) is 0 Å². The molecule has 3 N–H and O–H groups in total. The van der Waals surface area contributed by atoms with E-state index in [1.165, 1.54) is 50.4 Å². The lowest BCUT2D eigenvalue weighted by atomic mass is 10.4. The Bertz CT molecular complexity index is 2390. The van der Waals surface area contributed by atoms with Crippen LogP contribution in [0.15, 0.2) is 76.0 Å². The van der Waals surface area contributed by atoms with Crippen LogP contribution in [0.1, 0.15) is 152 Å². The van der Waals surface area contributed by atoms with Gasteiger partial charge in [0.2, 0.25) is 0 Å².